The molecule has 0 saturated heterocycles. The van der Waals surface area contributed by atoms with E-state index in [0.29, 0.717) is 29.8 Å². The standard InChI is InChI=1S/C19H20N2O2/c1-14(22)17-9-8-15(13-20)12-18(17)21-11-10-19(2,23)16-6-4-3-5-7-16/h3-9,12,21,23H,10-11H2,1-2H3. The molecule has 118 valence electrons. The fourth-order valence-corrected chi connectivity index (χ4v) is 2.45. The smallest absolute Gasteiger partial charge is 0.161 e. The predicted molar refractivity (Wildman–Crippen MR) is 90.3 cm³/mol. The number of benzene rings is 2. The summed E-state index contributed by atoms with van der Waals surface area (Å²) in [6.07, 6.45) is 0.477. The maximum atomic E-state index is 11.7. The molecular weight excluding hydrogens is 288 g/mol. The van der Waals surface area contributed by atoms with Crippen molar-refractivity contribution in [1.29, 1.82) is 5.26 Å². The number of hydrogen-bond donors (Lipinski definition) is 2. The Morgan fingerprint density at radius 3 is 2.57 bits per heavy atom. The second-order valence-electron chi connectivity index (χ2n) is 5.75. The largest absolute Gasteiger partial charge is 0.385 e. The summed E-state index contributed by atoms with van der Waals surface area (Å²) in [6, 6.07) is 16.5. The Bertz CT molecular complexity index is 731. The van der Waals surface area contributed by atoms with Crippen molar-refractivity contribution < 1.29 is 9.90 Å². The Hall–Kier alpha value is -2.64. The Morgan fingerprint density at radius 1 is 1.26 bits per heavy atom. The molecule has 2 aromatic carbocycles. The molecule has 0 aliphatic heterocycles. The van der Waals surface area contributed by atoms with E-state index in [1.165, 1.54) is 6.92 Å². The van der Waals surface area contributed by atoms with Gasteiger partial charge in [-0.25, -0.2) is 0 Å². The van der Waals surface area contributed by atoms with Gasteiger partial charge in [0.15, 0.2) is 5.78 Å². The molecule has 1 unspecified atom stereocenters. The molecule has 4 heteroatoms. The summed E-state index contributed by atoms with van der Waals surface area (Å²) in [5, 5.41) is 22.7. The summed E-state index contributed by atoms with van der Waals surface area (Å²) in [7, 11) is 0. The summed E-state index contributed by atoms with van der Waals surface area (Å²) in [5.41, 5.74) is 1.55. The van der Waals surface area contributed by atoms with E-state index in [2.05, 4.69) is 11.4 Å². The Balaban J connectivity index is 2.09. The van der Waals surface area contributed by atoms with Crippen LogP contribution in [-0.2, 0) is 5.60 Å². The van der Waals surface area contributed by atoms with Gasteiger partial charge in [0.25, 0.3) is 0 Å². The molecule has 0 heterocycles. The van der Waals surface area contributed by atoms with Gasteiger partial charge in [0, 0.05) is 17.8 Å². The number of rotatable bonds is 6. The van der Waals surface area contributed by atoms with Crippen LogP contribution in [0.4, 0.5) is 5.69 Å². The van der Waals surface area contributed by atoms with E-state index in [1.807, 2.05) is 30.3 Å². The fraction of sp³-hybridized carbons (Fsp3) is 0.263. The molecule has 0 aromatic heterocycles. The molecule has 2 rings (SSSR count). The zero-order valence-corrected chi connectivity index (χ0v) is 13.3. The number of carbonyl (C=O) groups excluding carboxylic acids is 1. The van der Waals surface area contributed by atoms with E-state index in [-0.39, 0.29) is 5.78 Å². The summed E-state index contributed by atoms with van der Waals surface area (Å²) in [4.78, 5) is 11.7. The molecule has 0 spiro atoms. The summed E-state index contributed by atoms with van der Waals surface area (Å²) >= 11 is 0. The van der Waals surface area contributed by atoms with Crippen LogP contribution in [0.3, 0.4) is 0 Å². The molecule has 23 heavy (non-hydrogen) atoms. The third-order valence-corrected chi connectivity index (χ3v) is 3.85. The average Bonchev–Trinajstić information content (AvgIpc) is 2.55. The normalized spacial score (nSPS) is 13.0. The van der Waals surface area contributed by atoms with E-state index in [4.69, 9.17) is 5.26 Å². The second-order valence-corrected chi connectivity index (χ2v) is 5.75. The molecule has 0 saturated carbocycles. The number of carbonyl (C=O) groups is 1. The Morgan fingerprint density at radius 2 is 1.96 bits per heavy atom. The Kier molecular flexibility index (Phi) is 5.15. The first-order chi connectivity index (χ1) is 10.9. The minimum Gasteiger partial charge on any atom is -0.385 e. The van der Waals surface area contributed by atoms with Gasteiger partial charge in [0.2, 0.25) is 0 Å². The van der Waals surface area contributed by atoms with Crippen LogP contribution in [-0.4, -0.2) is 17.4 Å². The van der Waals surface area contributed by atoms with Gasteiger partial charge in [-0.05, 0) is 44.0 Å². The van der Waals surface area contributed by atoms with Crippen molar-refractivity contribution in [3.8, 4) is 6.07 Å². The highest BCUT2D eigenvalue weighted by molar-refractivity contribution is 5.99. The van der Waals surface area contributed by atoms with Crippen LogP contribution in [0.15, 0.2) is 48.5 Å². The van der Waals surface area contributed by atoms with Gasteiger partial charge in [-0.15, -0.1) is 0 Å². The topological polar surface area (TPSA) is 73.1 Å². The maximum absolute atomic E-state index is 11.7. The molecule has 0 aliphatic rings. The van der Waals surface area contributed by atoms with Crippen molar-refractivity contribution in [2.75, 3.05) is 11.9 Å². The van der Waals surface area contributed by atoms with Crippen molar-refractivity contribution in [3.05, 3.63) is 65.2 Å². The van der Waals surface area contributed by atoms with Crippen LogP contribution >= 0.6 is 0 Å². The number of hydrogen-bond acceptors (Lipinski definition) is 4. The minimum atomic E-state index is -0.961. The number of nitriles is 1. The van der Waals surface area contributed by atoms with Crippen LogP contribution in [0.25, 0.3) is 0 Å². The number of Topliss-reactive ketones (excluding diaryl/α,β-unsaturated/α-hetero) is 1. The van der Waals surface area contributed by atoms with Gasteiger partial charge in [0.05, 0.1) is 17.2 Å². The first-order valence-electron chi connectivity index (χ1n) is 7.51. The average molecular weight is 308 g/mol. The zero-order valence-electron chi connectivity index (χ0n) is 13.3. The maximum Gasteiger partial charge on any atom is 0.161 e. The lowest BCUT2D eigenvalue weighted by atomic mass is 9.92. The third-order valence-electron chi connectivity index (χ3n) is 3.85. The van der Waals surface area contributed by atoms with Crippen LogP contribution in [0.5, 0.6) is 0 Å². The molecule has 2 aromatic rings. The number of aliphatic hydroxyl groups is 1. The molecule has 0 amide bonds. The number of nitrogens with one attached hydrogen (secondary N) is 1. The highest BCUT2D eigenvalue weighted by Gasteiger charge is 2.22. The molecule has 1 atom stereocenters. The zero-order chi connectivity index (χ0) is 16.9. The molecule has 0 radical (unpaired) electrons. The summed E-state index contributed by atoms with van der Waals surface area (Å²) in [5.74, 6) is -0.0631. The second kappa shape index (κ2) is 7.08. The van der Waals surface area contributed by atoms with E-state index in [1.54, 1.807) is 25.1 Å². The monoisotopic (exact) mass is 308 g/mol. The van der Waals surface area contributed by atoms with Gasteiger partial charge >= 0.3 is 0 Å². The van der Waals surface area contributed by atoms with Gasteiger partial charge < -0.3 is 10.4 Å². The number of anilines is 1. The first-order valence-corrected chi connectivity index (χ1v) is 7.51. The third kappa shape index (κ3) is 4.18. The quantitative estimate of drug-likeness (QED) is 0.801. The lowest BCUT2D eigenvalue weighted by Gasteiger charge is -2.24. The first kappa shape index (κ1) is 16.7. The highest BCUT2D eigenvalue weighted by atomic mass is 16.3. The SMILES string of the molecule is CC(=O)c1ccc(C#N)cc1NCCC(C)(O)c1ccccc1. The summed E-state index contributed by atoms with van der Waals surface area (Å²) < 4.78 is 0. The van der Waals surface area contributed by atoms with Gasteiger partial charge in [0.1, 0.15) is 0 Å². The lowest BCUT2D eigenvalue weighted by Crippen LogP contribution is -2.25. The van der Waals surface area contributed by atoms with E-state index in [9.17, 15) is 9.90 Å². The molecule has 4 nitrogen and oxygen atoms in total. The molecule has 0 fully saturated rings. The van der Waals surface area contributed by atoms with Crippen LogP contribution in [0.2, 0.25) is 0 Å². The Labute approximate surface area is 136 Å². The van der Waals surface area contributed by atoms with Crippen molar-refractivity contribution in [2.24, 2.45) is 0 Å². The van der Waals surface area contributed by atoms with Gasteiger partial charge in [-0.2, -0.15) is 5.26 Å². The van der Waals surface area contributed by atoms with E-state index in [0.717, 1.165) is 5.56 Å². The van der Waals surface area contributed by atoms with Gasteiger partial charge in [-0.1, -0.05) is 30.3 Å². The summed E-state index contributed by atoms with van der Waals surface area (Å²) in [6.45, 7) is 3.74. The van der Waals surface area contributed by atoms with E-state index >= 15 is 0 Å². The van der Waals surface area contributed by atoms with Crippen molar-refractivity contribution in [2.45, 2.75) is 25.9 Å². The van der Waals surface area contributed by atoms with Crippen molar-refractivity contribution in [3.63, 3.8) is 0 Å². The molecule has 2 N–H and O–H groups in total. The lowest BCUT2D eigenvalue weighted by molar-refractivity contribution is 0.0515. The van der Waals surface area contributed by atoms with Crippen LogP contribution in [0, 0.1) is 11.3 Å². The van der Waals surface area contributed by atoms with Gasteiger partial charge in [-0.3, -0.25) is 4.79 Å². The van der Waals surface area contributed by atoms with Crippen LogP contribution in [0.1, 0.15) is 41.8 Å². The van der Waals surface area contributed by atoms with Crippen molar-refractivity contribution >= 4 is 11.5 Å². The fourth-order valence-electron chi connectivity index (χ4n) is 2.45. The predicted octanol–water partition coefficient (Wildman–Crippen LogP) is 3.47. The minimum absolute atomic E-state index is 0.0631. The molecular formula is C19H20N2O2. The van der Waals surface area contributed by atoms with Crippen molar-refractivity contribution in [1.82, 2.24) is 0 Å². The number of nitrogens with zero attached hydrogens (tertiary/aromatic N) is 1. The molecule has 0 bridgehead atoms. The van der Waals surface area contributed by atoms with E-state index < -0.39 is 5.60 Å². The number of ketones is 1. The highest BCUT2D eigenvalue weighted by Crippen LogP contribution is 2.25. The van der Waals surface area contributed by atoms with Crippen LogP contribution < -0.4 is 5.32 Å². The molecule has 0 aliphatic carbocycles.